The molecular weight excluding hydrogens is 374 g/mol. The first kappa shape index (κ1) is 18.6. The summed E-state index contributed by atoms with van der Waals surface area (Å²) >= 11 is 0. The number of ether oxygens (including phenoxy) is 1. The van der Waals surface area contributed by atoms with Crippen molar-refractivity contribution in [2.75, 3.05) is 6.61 Å². The zero-order chi connectivity index (χ0) is 20.4. The summed E-state index contributed by atoms with van der Waals surface area (Å²) in [4.78, 5) is 12.3. The van der Waals surface area contributed by atoms with Gasteiger partial charge < -0.3 is 10.1 Å². The number of rotatable bonds is 4. The molecule has 1 aliphatic rings. The number of nitriles is 1. The lowest BCUT2D eigenvalue weighted by atomic mass is 9.98. The molecule has 1 aliphatic carbocycles. The molecule has 144 valence electrons. The smallest absolute Gasteiger partial charge is 0.408 e. The molecule has 4 rings (SSSR count). The van der Waals surface area contributed by atoms with Gasteiger partial charge in [-0.2, -0.15) is 5.26 Å². The van der Waals surface area contributed by atoms with Gasteiger partial charge in [0.1, 0.15) is 24.3 Å². The molecule has 1 unspecified atom stereocenters. The van der Waals surface area contributed by atoms with E-state index >= 15 is 0 Å². The molecule has 3 aromatic rings. The predicted molar refractivity (Wildman–Crippen MR) is 103 cm³/mol. The van der Waals surface area contributed by atoms with Gasteiger partial charge in [-0.05, 0) is 28.3 Å². The molecule has 1 amide bonds. The van der Waals surface area contributed by atoms with E-state index in [1.807, 2.05) is 48.5 Å². The van der Waals surface area contributed by atoms with Crippen molar-refractivity contribution in [2.45, 2.75) is 12.0 Å². The number of carbonyl (C=O) groups excluding carboxylic acids is 1. The van der Waals surface area contributed by atoms with E-state index in [1.54, 1.807) is 6.07 Å². The van der Waals surface area contributed by atoms with Crippen molar-refractivity contribution in [2.24, 2.45) is 0 Å². The van der Waals surface area contributed by atoms with E-state index in [1.165, 1.54) is 0 Å². The minimum absolute atomic E-state index is 0.0733. The number of benzene rings is 3. The Morgan fingerprint density at radius 1 is 1.03 bits per heavy atom. The first-order chi connectivity index (χ1) is 14.1. The minimum Gasteiger partial charge on any atom is -0.449 e. The van der Waals surface area contributed by atoms with Crippen LogP contribution < -0.4 is 5.32 Å². The van der Waals surface area contributed by atoms with Gasteiger partial charge in [0.2, 0.25) is 0 Å². The third kappa shape index (κ3) is 3.55. The van der Waals surface area contributed by atoms with Crippen molar-refractivity contribution in [3.05, 3.63) is 95.1 Å². The molecule has 1 N–H and O–H groups in total. The molecule has 0 saturated heterocycles. The molecular formula is C23H16F2N2O2. The molecule has 0 fully saturated rings. The highest BCUT2D eigenvalue weighted by molar-refractivity contribution is 5.79. The van der Waals surface area contributed by atoms with Gasteiger partial charge in [0.15, 0.2) is 0 Å². The van der Waals surface area contributed by atoms with Crippen LogP contribution in [0.15, 0.2) is 66.7 Å². The van der Waals surface area contributed by atoms with Gasteiger partial charge in [0.25, 0.3) is 0 Å². The minimum atomic E-state index is -1.29. The average molecular weight is 390 g/mol. The summed E-state index contributed by atoms with van der Waals surface area (Å²) in [5, 5.41) is 11.6. The van der Waals surface area contributed by atoms with Crippen molar-refractivity contribution in [3.8, 4) is 17.2 Å². The van der Waals surface area contributed by atoms with Gasteiger partial charge in [0, 0.05) is 17.5 Å². The number of alkyl carbamates (subject to hydrolysis) is 1. The summed E-state index contributed by atoms with van der Waals surface area (Å²) in [5.41, 5.74) is 4.19. The van der Waals surface area contributed by atoms with Crippen LogP contribution in [-0.2, 0) is 4.74 Å². The molecule has 0 aromatic heterocycles. The first-order valence-electron chi connectivity index (χ1n) is 9.04. The Morgan fingerprint density at radius 3 is 2.24 bits per heavy atom. The second-order valence-corrected chi connectivity index (χ2v) is 6.70. The number of carbonyl (C=O) groups is 1. The topological polar surface area (TPSA) is 62.1 Å². The average Bonchev–Trinajstić information content (AvgIpc) is 3.05. The van der Waals surface area contributed by atoms with Crippen LogP contribution in [0.2, 0.25) is 0 Å². The van der Waals surface area contributed by atoms with Crippen LogP contribution in [0.25, 0.3) is 11.1 Å². The predicted octanol–water partition coefficient (Wildman–Crippen LogP) is 5.07. The number of nitrogens with zero attached hydrogens (tertiary/aromatic N) is 1. The monoisotopic (exact) mass is 390 g/mol. The molecule has 0 radical (unpaired) electrons. The van der Waals surface area contributed by atoms with Crippen LogP contribution in [0.1, 0.15) is 28.7 Å². The summed E-state index contributed by atoms with van der Waals surface area (Å²) in [6.45, 7) is 0.0733. The lowest BCUT2D eigenvalue weighted by Crippen LogP contribution is -2.30. The van der Waals surface area contributed by atoms with E-state index in [4.69, 9.17) is 4.74 Å². The third-order valence-electron chi connectivity index (χ3n) is 5.01. The van der Waals surface area contributed by atoms with E-state index in [2.05, 4.69) is 5.32 Å². The number of nitrogens with one attached hydrogen (secondary N) is 1. The quantitative estimate of drug-likeness (QED) is 0.677. The SMILES string of the molecule is N#CC(NC(=O)OCC1c2ccccc2-c2ccccc21)c1ccc(F)cc1F. The largest absolute Gasteiger partial charge is 0.449 e. The highest BCUT2D eigenvalue weighted by Crippen LogP contribution is 2.44. The van der Waals surface area contributed by atoms with E-state index in [0.717, 1.165) is 34.4 Å². The van der Waals surface area contributed by atoms with Crippen molar-refractivity contribution < 1.29 is 18.3 Å². The molecule has 0 saturated carbocycles. The fourth-order valence-corrected chi connectivity index (χ4v) is 3.67. The lowest BCUT2D eigenvalue weighted by Gasteiger charge is -2.16. The zero-order valence-corrected chi connectivity index (χ0v) is 15.2. The molecule has 0 heterocycles. The fourth-order valence-electron chi connectivity index (χ4n) is 3.67. The summed E-state index contributed by atoms with van der Waals surface area (Å²) in [6.07, 6.45) is -0.845. The summed E-state index contributed by atoms with van der Waals surface area (Å²) in [6, 6.07) is 19.1. The Morgan fingerprint density at radius 2 is 1.66 bits per heavy atom. The van der Waals surface area contributed by atoms with Crippen LogP contribution in [0.5, 0.6) is 0 Å². The summed E-state index contributed by atoms with van der Waals surface area (Å²) in [5.74, 6) is -1.80. The van der Waals surface area contributed by atoms with Crippen LogP contribution in [0.4, 0.5) is 13.6 Å². The molecule has 0 bridgehead atoms. The number of hydrogen-bond donors (Lipinski definition) is 1. The van der Waals surface area contributed by atoms with Crippen LogP contribution in [-0.4, -0.2) is 12.7 Å². The van der Waals surface area contributed by atoms with Crippen LogP contribution in [0, 0.1) is 23.0 Å². The maximum Gasteiger partial charge on any atom is 0.408 e. The van der Waals surface area contributed by atoms with Crippen molar-refractivity contribution >= 4 is 6.09 Å². The summed E-state index contributed by atoms with van der Waals surface area (Å²) < 4.78 is 32.4. The highest BCUT2D eigenvalue weighted by atomic mass is 19.1. The zero-order valence-electron chi connectivity index (χ0n) is 15.2. The van der Waals surface area contributed by atoms with Gasteiger partial charge in [-0.1, -0.05) is 54.6 Å². The molecule has 29 heavy (non-hydrogen) atoms. The molecule has 6 heteroatoms. The normalized spacial score (nSPS) is 13.1. The van der Waals surface area contributed by atoms with E-state index in [-0.39, 0.29) is 18.1 Å². The Hall–Kier alpha value is -3.72. The maximum absolute atomic E-state index is 13.9. The van der Waals surface area contributed by atoms with Gasteiger partial charge in [-0.15, -0.1) is 0 Å². The molecule has 4 nitrogen and oxygen atoms in total. The fraction of sp³-hybridized carbons (Fsp3) is 0.130. The van der Waals surface area contributed by atoms with Gasteiger partial charge in [-0.25, -0.2) is 13.6 Å². The number of halogens is 2. The standard InChI is InChI=1S/C23H16F2N2O2/c24-14-9-10-19(21(25)11-14)22(12-26)27-23(28)29-13-20-17-7-3-1-5-15(17)16-6-2-4-8-18(16)20/h1-11,20,22H,13H2,(H,27,28). The van der Waals surface area contributed by atoms with Crippen molar-refractivity contribution in [1.82, 2.24) is 5.32 Å². The van der Waals surface area contributed by atoms with Gasteiger partial charge >= 0.3 is 6.09 Å². The number of fused-ring (bicyclic) bond motifs is 3. The third-order valence-corrected chi connectivity index (χ3v) is 5.01. The second kappa shape index (κ2) is 7.72. The Kier molecular flexibility index (Phi) is 4.96. The van der Waals surface area contributed by atoms with Crippen LogP contribution in [0.3, 0.4) is 0 Å². The summed E-state index contributed by atoms with van der Waals surface area (Å²) in [7, 11) is 0. The van der Waals surface area contributed by atoms with Gasteiger partial charge in [0.05, 0.1) is 6.07 Å². The molecule has 1 atom stereocenters. The molecule has 0 spiro atoms. The van der Waals surface area contributed by atoms with Crippen LogP contribution >= 0.6 is 0 Å². The Labute approximate surface area is 166 Å². The Bertz CT molecular complexity index is 1080. The van der Waals surface area contributed by atoms with Crippen molar-refractivity contribution in [3.63, 3.8) is 0 Å². The van der Waals surface area contributed by atoms with Crippen molar-refractivity contribution in [1.29, 1.82) is 5.26 Å². The second-order valence-electron chi connectivity index (χ2n) is 6.70. The number of hydrogen-bond acceptors (Lipinski definition) is 3. The molecule has 0 aliphatic heterocycles. The van der Waals surface area contributed by atoms with Gasteiger partial charge in [-0.3, -0.25) is 0 Å². The number of amides is 1. The first-order valence-corrected chi connectivity index (χ1v) is 9.04. The highest BCUT2D eigenvalue weighted by Gasteiger charge is 2.29. The lowest BCUT2D eigenvalue weighted by molar-refractivity contribution is 0.141. The van der Waals surface area contributed by atoms with E-state index in [9.17, 15) is 18.8 Å². The van der Waals surface area contributed by atoms with E-state index in [0.29, 0.717) is 6.07 Å². The molecule has 3 aromatic carbocycles. The van der Waals surface area contributed by atoms with E-state index < -0.39 is 23.8 Å². The Balaban J connectivity index is 1.48. The maximum atomic E-state index is 13.9.